The van der Waals surface area contributed by atoms with E-state index in [1.54, 1.807) is 6.07 Å². The van der Waals surface area contributed by atoms with Crippen LogP contribution in [0.2, 0.25) is 5.02 Å². The van der Waals surface area contributed by atoms with E-state index >= 15 is 0 Å². The van der Waals surface area contributed by atoms with Crippen molar-refractivity contribution in [2.24, 2.45) is 0 Å². The van der Waals surface area contributed by atoms with Crippen molar-refractivity contribution in [3.05, 3.63) is 43.6 Å². The maximum atomic E-state index is 10.2. The quantitative estimate of drug-likeness (QED) is 0.893. The molecule has 3 N–H and O–H groups in total. The van der Waals surface area contributed by atoms with Crippen LogP contribution < -0.4 is 5.73 Å². The first-order chi connectivity index (χ1) is 7.59. The molecule has 0 saturated heterocycles. The molecule has 2 rings (SSSR count). The number of nitrogens with zero attached hydrogens (tertiary/aromatic N) is 1. The van der Waals surface area contributed by atoms with E-state index in [2.05, 4.69) is 20.9 Å². The third-order valence-corrected chi connectivity index (χ3v) is 4.23. The lowest BCUT2D eigenvalue weighted by atomic mass is 10.1. The van der Waals surface area contributed by atoms with Gasteiger partial charge >= 0.3 is 0 Å². The summed E-state index contributed by atoms with van der Waals surface area (Å²) in [6.45, 7) is 0. The number of pyridine rings is 1. The number of nitrogens with two attached hydrogens (primary N) is 1. The van der Waals surface area contributed by atoms with Gasteiger partial charge in [-0.1, -0.05) is 11.6 Å². The second kappa shape index (κ2) is 4.71. The Morgan fingerprint density at radius 1 is 1.56 bits per heavy atom. The molecule has 1 atom stereocenters. The third kappa shape index (κ3) is 2.22. The van der Waals surface area contributed by atoms with Crippen LogP contribution in [0.25, 0.3) is 0 Å². The molecule has 0 aromatic carbocycles. The van der Waals surface area contributed by atoms with Crippen molar-refractivity contribution < 1.29 is 5.11 Å². The summed E-state index contributed by atoms with van der Waals surface area (Å²) in [6.07, 6.45) is 0.650. The van der Waals surface area contributed by atoms with Gasteiger partial charge in [0.1, 0.15) is 11.9 Å². The van der Waals surface area contributed by atoms with Gasteiger partial charge in [-0.05, 0) is 33.4 Å². The van der Waals surface area contributed by atoms with E-state index in [0.29, 0.717) is 10.6 Å². The number of aliphatic hydroxyl groups is 1. The predicted octanol–water partition coefficient (Wildman–Crippen LogP) is 3.22. The van der Waals surface area contributed by atoms with Crippen LogP contribution >= 0.6 is 38.9 Å². The van der Waals surface area contributed by atoms with Gasteiger partial charge in [0.05, 0.1) is 9.90 Å². The Morgan fingerprint density at radius 3 is 2.94 bits per heavy atom. The number of aliphatic hydroxyl groups excluding tert-OH is 1. The van der Waals surface area contributed by atoms with Crippen LogP contribution in [0.3, 0.4) is 0 Å². The highest BCUT2D eigenvalue weighted by Gasteiger charge is 2.18. The van der Waals surface area contributed by atoms with E-state index in [1.807, 2.05) is 11.4 Å². The van der Waals surface area contributed by atoms with Crippen molar-refractivity contribution in [3.8, 4) is 0 Å². The van der Waals surface area contributed by atoms with Crippen molar-refractivity contribution in [1.29, 1.82) is 0 Å². The molecule has 0 bridgehead atoms. The first kappa shape index (κ1) is 11.9. The molecular weight excluding hydrogens is 312 g/mol. The molecule has 2 heterocycles. The number of thiophene rings is 1. The molecule has 0 aliphatic heterocycles. The fourth-order valence-electron chi connectivity index (χ4n) is 1.33. The molecule has 6 heteroatoms. The maximum absolute atomic E-state index is 10.2. The Kier molecular flexibility index (Phi) is 3.49. The molecule has 1 unspecified atom stereocenters. The van der Waals surface area contributed by atoms with Gasteiger partial charge in [0, 0.05) is 16.2 Å². The highest BCUT2D eigenvalue weighted by Crippen LogP contribution is 2.35. The van der Waals surface area contributed by atoms with Crippen LogP contribution in [0.5, 0.6) is 0 Å². The van der Waals surface area contributed by atoms with E-state index < -0.39 is 6.10 Å². The molecule has 2 aromatic rings. The maximum Gasteiger partial charge on any atom is 0.129 e. The molecule has 2 aromatic heterocycles. The third-order valence-electron chi connectivity index (χ3n) is 2.10. The SMILES string of the molecule is Nc1ncc(Cl)cc1C(O)c1sccc1Br. The fourth-order valence-corrected chi connectivity index (χ4v) is 3.08. The number of anilines is 1. The van der Waals surface area contributed by atoms with Crippen LogP contribution in [-0.4, -0.2) is 10.1 Å². The summed E-state index contributed by atoms with van der Waals surface area (Å²) in [6, 6.07) is 3.50. The zero-order valence-electron chi connectivity index (χ0n) is 8.02. The number of hydrogen-bond donors (Lipinski definition) is 2. The fraction of sp³-hybridized carbons (Fsp3) is 0.100. The van der Waals surface area contributed by atoms with Gasteiger partial charge in [0.15, 0.2) is 0 Å². The molecule has 0 spiro atoms. The molecule has 0 aliphatic rings. The lowest BCUT2D eigenvalue weighted by Gasteiger charge is -2.12. The molecule has 0 fully saturated rings. The highest BCUT2D eigenvalue weighted by molar-refractivity contribution is 9.10. The Hall–Kier alpha value is -0.620. The highest BCUT2D eigenvalue weighted by atomic mass is 79.9. The van der Waals surface area contributed by atoms with E-state index in [4.69, 9.17) is 17.3 Å². The molecule has 16 heavy (non-hydrogen) atoms. The van der Waals surface area contributed by atoms with E-state index in [1.165, 1.54) is 17.5 Å². The molecule has 0 aliphatic carbocycles. The minimum absolute atomic E-state index is 0.289. The molecule has 3 nitrogen and oxygen atoms in total. The van der Waals surface area contributed by atoms with Crippen molar-refractivity contribution in [1.82, 2.24) is 4.98 Å². The molecule has 0 radical (unpaired) electrons. The van der Waals surface area contributed by atoms with Crippen molar-refractivity contribution in [2.75, 3.05) is 5.73 Å². The standard InChI is InChI=1S/C10H8BrClN2OS/c11-7-1-2-16-9(7)8(15)6-3-5(12)4-14-10(6)13/h1-4,8,15H,(H2,13,14). The molecular formula is C10H8BrClN2OS. The van der Waals surface area contributed by atoms with Crippen molar-refractivity contribution in [2.45, 2.75) is 6.10 Å². The normalized spacial score (nSPS) is 12.7. The van der Waals surface area contributed by atoms with Gasteiger partial charge < -0.3 is 10.8 Å². The lowest BCUT2D eigenvalue weighted by molar-refractivity contribution is 0.224. The number of halogens is 2. The Balaban J connectivity index is 2.45. The van der Waals surface area contributed by atoms with Gasteiger partial charge in [-0.2, -0.15) is 0 Å². The molecule has 84 valence electrons. The summed E-state index contributed by atoms with van der Waals surface area (Å²) in [4.78, 5) is 4.70. The average molecular weight is 320 g/mol. The van der Waals surface area contributed by atoms with E-state index in [-0.39, 0.29) is 5.82 Å². The largest absolute Gasteiger partial charge is 0.383 e. The van der Waals surface area contributed by atoms with Crippen LogP contribution in [0.4, 0.5) is 5.82 Å². The monoisotopic (exact) mass is 318 g/mol. The summed E-state index contributed by atoms with van der Waals surface area (Å²) in [5.41, 5.74) is 6.23. The topological polar surface area (TPSA) is 59.1 Å². The van der Waals surface area contributed by atoms with Crippen LogP contribution in [0.15, 0.2) is 28.2 Å². The Bertz CT molecular complexity index is 517. The van der Waals surface area contributed by atoms with Crippen molar-refractivity contribution >= 4 is 44.7 Å². The second-order valence-corrected chi connectivity index (χ2v) is 5.40. The smallest absolute Gasteiger partial charge is 0.129 e. The first-order valence-electron chi connectivity index (χ1n) is 4.41. The lowest BCUT2D eigenvalue weighted by Crippen LogP contribution is -2.04. The van der Waals surface area contributed by atoms with Gasteiger partial charge in [-0.3, -0.25) is 0 Å². The minimum atomic E-state index is -0.805. The molecule has 0 amide bonds. The summed E-state index contributed by atoms with van der Waals surface area (Å²) in [7, 11) is 0. The number of aromatic nitrogens is 1. The van der Waals surface area contributed by atoms with Gasteiger partial charge in [-0.25, -0.2) is 4.98 Å². The predicted molar refractivity (Wildman–Crippen MR) is 69.7 cm³/mol. The summed E-state index contributed by atoms with van der Waals surface area (Å²) in [5, 5.41) is 12.5. The number of nitrogen functional groups attached to an aromatic ring is 1. The Morgan fingerprint density at radius 2 is 2.31 bits per heavy atom. The van der Waals surface area contributed by atoms with Gasteiger partial charge in [-0.15, -0.1) is 11.3 Å². The van der Waals surface area contributed by atoms with Crippen LogP contribution in [-0.2, 0) is 0 Å². The van der Waals surface area contributed by atoms with E-state index in [9.17, 15) is 5.11 Å². The van der Waals surface area contributed by atoms with Crippen LogP contribution in [0, 0.1) is 0 Å². The van der Waals surface area contributed by atoms with Gasteiger partial charge in [0.25, 0.3) is 0 Å². The summed E-state index contributed by atoms with van der Waals surface area (Å²) in [5.74, 6) is 0.289. The van der Waals surface area contributed by atoms with E-state index in [0.717, 1.165) is 9.35 Å². The van der Waals surface area contributed by atoms with Gasteiger partial charge in [0.2, 0.25) is 0 Å². The number of hydrogen-bond acceptors (Lipinski definition) is 4. The summed E-state index contributed by atoms with van der Waals surface area (Å²) >= 11 is 10.6. The Labute approximate surface area is 110 Å². The first-order valence-corrected chi connectivity index (χ1v) is 6.46. The minimum Gasteiger partial charge on any atom is -0.383 e. The summed E-state index contributed by atoms with van der Waals surface area (Å²) < 4.78 is 0.851. The molecule has 0 saturated carbocycles. The van der Waals surface area contributed by atoms with Crippen LogP contribution in [0.1, 0.15) is 16.5 Å². The number of rotatable bonds is 2. The second-order valence-electron chi connectivity index (χ2n) is 3.16. The zero-order valence-corrected chi connectivity index (χ0v) is 11.2. The average Bonchev–Trinajstić information content (AvgIpc) is 2.67. The van der Waals surface area contributed by atoms with Crippen molar-refractivity contribution in [3.63, 3.8) is 0 Å². The zero-order chi connectivity index (χ0) is 11.7.